The first-order valence-electron chi connectivity index (χ1n) is 6.14. The number of fused-ring (bicyclic) bond motifs is 1. The summed E-state index contributed by atoms with van der Waals surface area (Å²) in [5, 5.41) is 11.8. The van der Waals surface area contributed by atoms with E-state index in [9.17, 15) is 14.0 Å². The zero-order chi connectivity index (χ0) is 13.6. The molecule has 2 N–H and O–H groups in total. The number of aliphatic hydroxyl groups is 1. The summed E-state index contributed by atoms with van der Waals surface area (Å²) in [5.41, 5.74) is 1.21. The SMILES string of the molecule is O=C1CCc2cc(C(=O)N3CC(O)C3)c(F)cc2N1. The molecule has 1 saturated heterocycles. The van der Waals surface area contributed by atoms with E-state index in [0.717, 1.165) is 5.56 Å². The lowest BCUT2D eigenvalue weighted by molar-refractivity contribution is -0.116. The van der Waals surface area contributed by atoms with Crippen molar-refractivity contribution in [1.29, 1.82) is 0 Å². The molecule has 2 aliphatic rings. The molecule has 0 aromatic heterocycles. The van der Waals surface area contributed by atoms with Gasteiger partial charge in [0.1, 0.15) is 5.82 Å². The quantitative estimate of drug-likeness (QED) is 0.777. The van der Waals surface area contributed by atoms with Gasteiger partial charge in [-0.15, -0.1) is 0 Å². The predicted molar refractivity (Wildman–Crippen MR) is 65.3 cm³/mol. The van der Waals surface area contributed by atoms with E-state index in [1.165, 1.54) is 17.0 Å². The molecular formula is C13H13FN2O3. The zero-order valence-electron chi connectivity index (χ0n) is 10.1. The van der Waals surface area contributed by atoms with Gasteiger partial charge in [0.25, 0.3) is 5.91 Å². The van der Waals surface area contributed by atoms with Gasteiger partial charge in [-0.05, 0) is 24.1 Å². The summed E-state index contributed by atoms with van der Waals surface area (Å²) in [6, 6.07) is 2.69. The van der Waals surface area contributed by atoms with Crippen LogP contribution < -0.4 is 5.32 Å². The van der Waals surface area contributed by atoms with Crippen molar-refractivity contribution in [3.63, 3.8) is 0 Å². The molecule has 1 aromatic rings. The number of carbonyl (C=O) groups excluding carboxylic acids is 2. The summed E-state index contributed by atoms with van der Waals surface area (Å²) in [7, 11) is 0. The Bertz CT molecular complexity index is 567. The molecule has 1 fully saturated rings. The van der Waals surface area contributed by atoms with Gasteiger partial charge in [-0.3, -0.25) is 9.59 Å². The maximum Gasteiger partial charge on any atom is 0.257 e. The highest BCUT2D eigenvalue weighted by Gasteiger charge is 2.31. The number of rotatable bonds is 1. The number of hydrogen-bond acceptors (Lipinski definition) is 3. The minimum atomic E-state index is -0.646. The lowest BCUT2D eigenvalue weighted by Crippen LogP contribution is -2.53. The molecule has 2 aliphatic heterocycles. The van der Waals surface area contributed by atoms with Crippen molar-refractivity contribution < 1.29 is 19.1 Å². The lowest BCUT2D eigenvalue weighted by atomic mass is 9.98. The zero-order valence-corrected chi connectivity index (χ0v) is 10.1. The smallest absolute Gasteiger partial charge is 0.257 e. The molecule has 6 heteroatoms. The largest absolute Gasteiger partial charge is 0.389 e. The van der Waals surface area contributed by atoms with Crippen LogP contribution in [0.3, 0.4) is 0 Å². The van der Waals surface area contributed by atoms with E-state index in [1.54, 1.807) is 0 Å². The number of benzene rings is 1. The van der Waals surface area contributed by atoms with Crippen LogP contribution in [0.15, 0.2) is 12.1 Å². The molecule has 19 heavy (non-hydrogen) atoms. The second-order valence-corrected chi connectivity index (χ2v) is 4.90. The van der Waals surface area contributed by atoms with Crippen molar-refractivity contribution in [2.45, 2.75) is 18.9 Å². The summed E-state index contributed by atoms with van der Waals surface area (Å²) in [4.78, 5) is 24.6. The Kier molecular flexibility index (Phi) is 2.74. The van der Waals surface area contributed by atoms with Gasteiger partial charge in [0.15, 0.2) is 0 Å². The van der Waals surface area contributed by atoms with Gasteiger partial charge in [0, 0.05) is 25.2 Å². The Labute approximate surface area is 109 Å². The normalized spacial score (nSPS) is 18.6. The van der Waals surface area contributed by atoms with Crippen LogP contribution >= 0.6 is 0 Å². The van der Waals surface area contributed by atoms with E-state index >= 15 is 0 Å². The molecule has 5 nitrogen and oxygen atoms in total. The number of nitrogens with zero attached hydrogens (tertiary/aromatic N) is 1. The summed E-state index contributed by atoms with van der Waals surface area (Å²) in [5.74, 6) is -1.20. The van der Waals surface area contributed by atoms with E-state index in [1.807, 2.05) is 0 Å². The maximum absolute atomic E-state index is 13.9. The van der Waals surface area contributed by atoms with Gasteiger partial charge in [-0.25, -0.2) is 4.39 Å². The molecule has 2 heterocycles. The lowest BCUT2D eigenvalue weighted by Gasteiger charge is -2.36. The molecule has 0 saturated carbocycles. The van der Waals surface area contributed by atoms with Gasteiger partial charge < -0.3 is 15.3 Å². The van der Waals surface area contributed by atoms with Crippen LogP contribution in [0.2, 0.25) is 0 Å². The second-order valence-electron chi connectivity index (χ2n) is 4.90. The van der Waals surface area contributed by atoms with Crippen LogP contribution in [0, 0.1) is 5.82 Å². The molecule has 3 rings (SSSR count). The average molecular weight is 264 g/mol. The van der Waals surface area contributed by atoms with Crippen molar-refractivity contribution in [2.24, 2.45) is 0 Å². The van der Waals surface area contributed by atoms with Crippen LogP contribution in [0.4, 0.5) is 10.1 Å². The minimum absolute atomic E-state index is 0.00167. The van der Waals surface area contributed by atoms with E-state index in [-0.39, 0.29) is 24.6 Å². The van der Waals surface area contributed by atoms with Crippen LogP contribution in [0.5, 0.6) is 0 Å². The first-order valence-corrected chi connectivity index (χ1v) is 6.14. The third-order valence-corrected chi connectivity index (χ3v) is 3.47. The Morgan fingerprint density at radius 1 is 1.37 bits per heavy atom. The van der Waals surface area contributed by atoms with E-state index in [2.05, 4.69) is 5.32 Å². The molecule has 0 aliphatic carbocycles. The van der Waals surface area contributed by atoms with Crippen LogP contribution in [0.25, 0.3) is 0 Å². The molecule has 1 aromatic carbocycles. The third kappa shape index (κ3) is 2.08. The number of nitrogens with one attached hydrogen (secondary N) is 1. The van der Waals surface area contributed by atoms with Crippen LogP contribution in [0.1, 0.15) is 22.3 Å². The summed E-state index contributed by atoms with van der Waals surface area (Å²) in [6.45, 7) is 0.484. The second kappa shape index (κ2) is 4.31. The number of amides is 2. The number of hydrogen-bond donors (Lipinski definition) is 2. The summed E-state index contributed by atoms with van der Waals surface area (Å²) in [6.07, 6.45) is 0.336. The molecule has 0 bridgehead atoms. The van der Waals surface area contributed by atoms with Crippen molar-refractivity contribution in [3.8, 4) is 0 Å². The Balaban J connectivity index is 1.90. The number of aryl methyl sites for hydroxylation is 1. The van der Waals surface area contributed by atoms with E-state index in [0.29, 0.717) is 18.5 Å². The van der Waals surface area contributed by atoms with Gasteiger partial charge >= 0.3 is 0 Å². The Morgan fingerprint density at radius 2 is 2.11 bits per heavy atom. The maximum atomic E-state index is 13.9. The standard InChI is InChI=1S/C13H13FN2O3/c14-10-4-11-7(1-2-12(18)15-11)3-9(10)13(19)16-5-8(17)6-16/h3-4,8,17H,1-2,5-6H2,(H,15,18). The summed E-state index contributed by atoms with van der Waals surface area (Å²) >= 11 is 0. The van der Waals surface area contributed by atoms with Crippen molar-refractivity contribution in [1.82, 2.24) is 4.90 Å². The van der Waals surface area contributed by atoms with Crippen molar-refractivity contribution >= 4 is 17.5 Å². The van der Waals surface area contributed by atoms with Gasteiger partial charge in [-0.1, -0.05) is 0 Å². The Morgan fingerprint density at radius 3 is 2.79 bits per heavy atom. The third-order valence-electron chi connectivity index (χ3n) is 3.47. The number of likely N-dealkylation sites (tertiary alicyclic amines) is 1. The van der Waals surface area contributed by atoms with Gasteiger partial charge in [0.05, 0.1) is 11.7 Å². The minimum Gasteiger partial charge on any atom is -0.389 e. The fraction of sp³-hybridized carbons (Fsp3) is 0.385. The number of aliphatic hydroxyl groups excluding tert-OH is 1. The monoisotopic (exact) mass is 264 g/mol. The molecule has 0 atom stereocenters. The fourth-order valence-corrected chi connectivity index (χ4v) is 2.36. The Hall–Kier alpha value is -1.95. The first kappa shape index (κ1) is 12.1. The molecule has 100 valence electrons. The molecule has 2 amide bonds. The first-order chi connectivity index (χ1) is 9.04. The number of anilines is 1. The molecular weight excluding hydrogens is 251 g/mol. The van der Waals surface area contributed by atoms with Gasteiger partial charge in [0.2, 0.25) is 5.91 Å². The molecule has 0 spiro atoms. The van der Waals surface area contributed by atoms with Gasteiger partial charge in [-0.2, -0.15) is 0 Å². The topological polar surface area (TPSA) is 69.6 Å². The van der Waals surface area contributed by atoms with E-state index < -0.39 is 17.8 Å². The predicted octanol–water partition coefficient (Wildman–Crippen LogP) is 0.527. The number of β-amino-alcohol motifs (C(OH)–C–C–N with tert-alkyl or cyclic N) is 1. The highest BCUT2D eigenvalue weighted by atomic mass is 19.1. The number of carbonyl (C=O) groups is 2. The summed E-state index contributed by atoms with van der Waals surface area (Å²) < 4.78 is 13.9. The fourth-order valence-electron chi connectivity index (χ4n) is 2.36. The highest BCUT2D eigenvalue weighted by Crippen LogP contribution is 2.27. The van der Waals surface area contributed by atoms with Crippen molar-refractivity contribution in [2.75, 3.05) is 18.4 Å². The average Bonchev–Trinajstić information content (AvgIpc) is 2.33. The molecule has 0 radical (unpaired) electrons. The van der Waals surface area contributed by atoms with Crippen LogP contribution in [-0.2, 0) is 11.2 Å². The highest BCUT2D eigenvalue weighted by molar-refractivity contribution is 5.98. The van der Waals surface area contributed by atoms with E-state index in [4.69, 9.17) is 5.11 Å². The molecule has 0 unspecified atom stereocenters. The number of halogens is 1. The van der Waals surface area contributed by atoms with Crippen molar-refractivity contribution in [3.05, 3.63) is 29.1 Å². The van der Waals surface area contributed by atoms with Crippen LogP contribution in [-0.4, -0.2) is 41.0 Å².